The monoisotopic (exact) mass is 263 g/mol. The first-order valence-electron chi connectivity index (χ1n) is 6.00. The average molecular weight is 263 g/mol. The summed E-state index contributed by atoms with van der Waals surface area (Å²) >= 11 is 0. The zero-order valence-corrected chi connectivity index (χ0v) is 10.9. The standard InChI is InChI=1S/C14H17NO4/c1-14(18)12(19-2)8-13(17)15(14)11(9-16)10-6-4-3-5-7-10/h3-8,11,16,18H,9H2,1-2H3/t11-,14?/m1/s1. The molecule has 1 amide bonds. The molecule has 2 rings (SSSR count). The highest BCUT2D eigenvalue weighted by Gasteiger charge is 2.47. The van der Waals surface area contributed by atoms with Crippen molar-refractivity contribution in [2.24, 2.45) is 0 Å². The predicted molar refractivity (Wildman–Crippen MR) is 68.8 cm³/mol. The molecule has 1 aliphatic rings. The van der Waals surface area contributed by atoms with Crippen LogP contribution in [0.25, 0.3) is 0 Å². The topological polar surface area (TPSA) is 70.0 Å². The summed E-state index contributed by atoms with van der Waals surface area (Å²) in [5, 5.41) is 20.0. The van der Waals surface area contributed by atoms with Crippen molar-refractivity contribution < 1.29 is 19.7 Å². The fourth-order valence-corrected chi connectivity index (χ4v) is 2.37. The van der Waals surface area contributed by atoms with Crippen molar-refractivity contribution >= 4 is 5.91 Å². The predicted octanol–water partition coefficient (Wildman–Crippen LogP) is 0.801. The fraction of sp³-hybridized carbons (Fsp3) is 0.357. The lowest BCUT2D eigenvalue weighted by atomic mass is 10.0. The second-order valence-electron chi connectivity index (χ2n) is 4.55. The summed E-state index contributed by atoms with van der Waals surface area (Å²) in [6.45, 7) is 1.19. The van der Waals surface area contributed by atoms with Crippen molar-refractivity contribution in [3.8, 4) is 0 Å². The molecule has 5 heteroatoms. The summed E-state index contributed by atoms with van der Waals surface area (Å²) in [6.07, 6.45) is 1.24. The molecule has 0 radical (unpaired) electrons. The molecule has 0 spiro atoms. The maximum atomic E-state index is 12.0. The SMILES string of the molecule is COC1=CC(=O)N([C@H](CO)c2ccccc2)C1(C)O. The average Bonchev–Trinajstić information content (AvgIpc) is 2.63. The molecule has 0 aromatic heterocycles. The lowest BCUT2D eigenvalue weighted by Gasteiger charge is -2.37. The van der Waals surface area contributed by atoms with Crippen molar-refractivity contribution in [2.45, 2.75) is 18.7 Å². The molecule has 5 nitrogen and oxygen atoms in total. The Kier molecular flexibility index (Phi) is 3.59. The van der Waals surface area contributed by atoms with Gasteiger partial charge in [0.25, 0.3) is 5.91 Å². The number of carbonyl (C=O) groups is 1. The summed E-state index contributed by atoms with van der Waals surface area (Å²) in [6, 6.07) is 8.47. The van der Waals surface area contributed by atoms with Gasteiger partial charge in [-0.05, 0) is 12.5 Å². The molecule has 2 atom stereocenters. The second kappa shape index (κ2) is 5.03. The van der Waals surface area contributed by atoms with E-state index in [2.05, 4.69) is 0 Å². The zero-order valence-electron chi connectivity index (χ0n) is 10.9. The van der Waals surface area contributed by atoms with Crippen LogP contribution in [0.5, 0.6) is 0 Å². The van der Waals surface area contributed by atoms with Crippen molar-refractivity contribution in [1.29, 1.82) is 0 Å². The quantitative estimate of drug-likeness (QED) is 0.843. The van der Waals surface area contributed by atoms with Crippen molar-refractivity contribution in [3.05, 3.63) is 47.7 Å². The number of rotatable bonds is 4. The molecule has 2 N–H and O–H groups in total. The highest BCUT2D eigenvalue weighted by Crippen LogP contribution is 2.36. The lowest BCUT2D eigenvalue weighted by Crippen LogP contribution is -2.49. The minimum absolute atomic E-state index is 0.173. The van der Waals surface area contributed by atoms with E-state index < -0.39 is 11.8 Å². The summed E-state index contributed by atoms with van der Waals surface area (Å²) in [4.78, 5) is 13.3. The fourth-order valence-electron chi connectivity index (χ4n) is 2.37. The summed E-state index contributed by atoms with van der Waals surface area (Å²) in [5.74, 6) is -0.211. The number of hydrogen-bond donors (Lipinski definition) is 2. The van der Waals surface area contributed by atoms with Crippen LogP contribution in [0.3, 0.4) is 0 Å². The molecule has 0 saturated heterocycles. The minimum atomic E-state index is -1.56. The molecule has 1 aromatic rings. The van der Waals surface area contributed by atoms with Gasteiger partial charge >= 0.3 is 0 Å². The van der Waals surface area contributed by atoms with Gasteiger partial charge in [0, 0.05) is 6.08 Å². The van der Waals surface area contributed by atoms with Crippen molar-refractivity contribution in [2.75, 3.05) is 13.7 Å². The number of carbonyl (C=O) groups excluding carboxylic acids is 1. The van der Waals surface area contributed by atoms with E-state index in [4.69, 9.17) is 4.74 Å². The molecular weight excluding hydrogens is 246 g/mol. The number of nitrogens with zero attached hydrogens (tertiary/aromatic N) is 1. The smallest absolute Gasteiger partial charge is 0.253 e. The third-order valence-corrected chi connectivity index (χ3v) is 3.32. The normalized spacial score (nSPS) is 24.3. The Balaban J connectivity index is 2.38. The van der Waals surface area contributed by atoms with Gasteiger partial charge in [0.2, 0.25) is 0 Å². The minimum Gasteiger partial charge on any atom is -0.496 e. The molecule has 0 saturated carbocycles. The number of aliphatic hydroxyl groups is 2. The van der Waals surface area contributed by atoms with Crippen LogP contribution in [0.2, 0.25) is 0 Å². The molecular formula is C14H17NO4. The lowest BCUT2D eigenvalue weighted by molar-refractivity contribution is -0.153. The molecule has 1 unspecified atom stereocenters. The molecule has 102 valence electrons. The van der Waals surface area contributed by atoms with E-state index >= 15 is 0 Å². The Morgan fingerprint density at radius 3 is 2.47 bits per heavy atom. The summed E-state index contributed by atoms with van der Waals surface area (Å²) in [7, 11) is 1.40. The van der Waals surface area contributed by atoms with Gasteiger partial charge in [-0.25, -0.2) is 0 Å². The Morgan fingerprint density at radius 1 is 1.37 bits per heavy atom. The Morgan fingerprint density at radius 2 is 2.00 bits per heavy atom. The van der Waals surface area contributed by atoms with Gasteiger partial charge in [-0.3, -0.25) is 9.69 Å². The van der Waals surface area contributed by atoms with Gasteiger partial charge in [0.05, 0.1) is 19.8 Å². The van der Waals surface area contributed by atoms with Crippen LogP contribution in [0.4, 0.5) is 0 Å². The van der Waals surface area contributed by atoms with E-state index in [1.54, 1.807) is 12.1 Å². The second-order valence-corrected chi connectivity index (χ2v) is 4.55. The number of benzene rings is 1. The highest BCUT2D eigenvalue weighted by molar-refractivity contribution is 5.92. The number of methoxy groups -OCH3 is 1. The molecule has 0 aliphatic carbocycles. The first kappa shape index (κ1) is 13.6. The van der Waals surface area contributed by atoms with E-state index in [1.165, 1.54) is 25.0 Å². The van der Waals surface area contributed by atoms with Gasteiger partial charge in [-0.1, -0.05) is 30.3 Å². The van der Waals surface area contributed by atoms with Crippen molar-refractivity contribution in [3.63, 3.8) is 0 Å². The maximum Gasteiger partial charge on any atom is 0.253 e. The summed E-state index contributed by atoms with van der Waals surface area (Å²) < 4.78 is 5.02. The largest absolute Gasteiger partial charge is 0.496 e. The van der Waals surface area contributed by atoms with E-state index in [0.717, 1.165) is 5.56 Å². The van der Waals surface area contributed by atoms with Crippen LogP contribution in [0.1, 0.15) is 18.5 Å². The van der Waals surface area contributed by atoms with Crippen molar-refractivity contribution in [1.82, 2.24) is 4.90 Å². The number of aliphatic hydroxyl groups excluding tert-OH is 1. The van der Waals surface area contributed by atoms with Crippen LogP contribution in [0.15, 0.2) is 42.2 Å². The van der Waals surface area contributed by atoms with E-state index in [9.17, 15) is 15.0 Å². The van der Waals surface area contributed by atoms with E-state index in [1.807, 2.05) is 18.2 Å². The molecule has 1 heterocycles. The zero-order chi connectivity index (χ0) is 14.0. The third kappa shape index (κ3) is 2.22. The van der Waals surface area contributed by atoms with Crippen LogP contribution < -0.4 is 0 Å². The van der Waals surface area contributed by atoms with Crippen LogP contribution in [-0.4, -0.2) is 40.5 Å². The summed E-state index contributed by atoms with van der Waals surface area (Å²) in [5.41, 5.74) is -0.806. The van der Waals surface area contributed by atoms with Crippen LogP contribution >= 0.6 is 0 Å². The molecule has 0 bridgehead atoms. The van der Waals surface area contributed by atoms with E-state index in [0.29, 0.717) is 0 Å². The molecule has 0 fully saturated rings. The number of hydrogen-bond acceptors (Lipinski definition) is 4. The van der Waals surface area contributed by atoms with Gasteiger partial charge in [-0.15, -0.1) is 0 Å². The van der Waals surface area contributed by atoms with Crippen LogP contribution in [0, 0.1) is 0 Å². The first-order chi connectivity index (χ1) is 9.02. The number of amides is 1. The Hall–Kier alpha value is -1.85. The number of ether oxygens (including phenoxy) is 1. The Labute approximate surface area is 111 Å². The maximum absolute atomic E-state index is 12.0. The highest BCUT2D eigenvalue weighted by atomic mass is 16.5. The van der Waals surface area contributed by atoms with Gasteiger partial charge in [0.15, 0.2) is 11.5 Å². The van der Waals surface area contributed by atoms with Gasteiger partial charge in [-0.2, -0.15) is 0 Å². The van der Waals surface area contributed by atoms with Crippen LogP contribution in [-0.2, 0) is 9.53 Å². The first-order valence-corrected chi connectivity index (χ1v) is 6.00. The molecule has 1 aliphatic heterocycles. The van der Waals surface area contributed by atoms with Gasteiger partial charge in [0.1, 0.15) is 0 Å². The Bertz CT molecular complexity index is 495. The third-order valence-electron chi connectivity index (χ3n) is 3.32. The van der Waals surface area contributed by atoms with Gasteiger partial charge < -0.3 is 14.9 Å². The van der Waals surface area contributed by atoms with E-state index in [-0.39, 0.29) is 18.3 Å². The molecule has 19 heavy (non-hydrogen) atoms. The molecule has 1 aromatic carbocycles.